The van der Waals surface area contributed by atoms with Gasteiger partial charge in [0.2, 0.25) is 0 Å². The molecule has 0 heterocycles. The van der Waals surface area contributed by atoms with E-state index in [-0.39, 0.29) is 0 Å². The zero-order chi connectivity index (χ0) is 35.7. The lowest BCUT2D eigenvalue weighted by Gasteiger charge is -2.30. The van der Waals surface area contributed by atoms with Crippen LogP contribution in [0.1, 0.15) is 33.4 Å². The number of hydrogen-bond donors (Lipinski definition) is 0. The van der Waals surface area contributed by atoms with Crippen LogP contribution in [0.4, 0.5) is 34.1 Å². The van der Waals surface area contributed by atoms with Crippen LogP contribution >= 0.6 is 0 Å². The van der Waals surface area contributed by atoms with Gasteiger partial charge in [-0.3, -0.25) is 0 Å². The van der Waals surface area contributed by atoms with Crippen LogP contribution in [-0.2, 0) is 0 Å². The van der Waals surface area contributed by atoms with Crippen LogP contribution in [0.5, 0.6) is 0 Å². The number of hydrogen-bond acceptors (Lipinski definition) is 2. The van der Waals surface area contributed by atoms with Gasteiger partial charge >= 0.3 is 0 Å². The predicted octanol–water partition coefficient (Wildman–Crippen LogP) is 14.4. The van der Waals surface area contributed by atoms with Crippen LogP contribution in [0.2, 0.25) is 0 Å². The quantitative estimate of drug-likeness (QED) is 0.174. The Bertz CT molecular complexity index is 2490. The van der Waals surface area contributed by atoms with Gasteiger partial charge in [-0.25, -0.2) is 0 Å². The standard InChI is InChI=1S/C50H42N2/c1-31-19-32(2)22-43(21-31)51(49-13-9-7-11-35(49)5)41-17-15-37-27-45-46-28-38-16-18-42(26-40(38)30-48(46)47(45)29-39(37)25-41)52(50-14-10-8-12-36(50)6)44-23-33(3)20-34(4)24-44/h7-30H,1-6H3. The van der Waals surface area contributed by atoms with Crippen molar-refractivity contribution in [2.75, 3.05) is 9.80 Å². The second kappa shape index (κ2) is 12.3. The number of fused-ring (bicyclic) bond motifs is 6. The van der Waals surface area contributed by atoms with E-state index in [1.165, 1.54) is 99.9 Å². The fourth-order valence-corrected chi connectivity index (χ4v) is 8.32. The van der Waals surface area contributed by atoms with Crippen molar-refractivity contribution >= 4 is 55.7 Å². The first kappa shape index (κ1) is 31.8. The van der Waals surface area contributed by atoms with E-state index in [0.717, 1.165) is 11.4 Å². The third-order valence-corrected chi connectivity index (χ3v) is 10.7. The van der Waals surface area contributed by atoms with E-state index in [2.05, 4.69) is 197 Å². The van der Waals surface area contributed by atoms with E-state index in [9.17, 15) is 0 Å². The van der Waals surface area contributed by atoms with Gasteiger partial charge in [-0.2, -0.15) is 0 Å². The number of aryl methyl sites for hydroxylation is 6. The maximum absolute atomic E-state index is 2.41. The second-order valence-electron chi connectivity index (χ2n) is 14.8. The maximum Gasteiger partial charge on any atom is 0.0490 e. The molecule has 0 saturated heterocycles. The summed E-state index contributed by atoms with van der Waals surface area (Å²) in [4.78, 5) is 4.82. The molecule has 8 aromatic carbocycles. The van der Waals surface area contributed by atoms with Crippen molar-refractivity contribution in [3.63, 3.8) is 0 Å². The summed E-state index contributed by atoms with van der Waals surface area (Å²) >= 11 is 0. The van der Waals surface area contributed by atoms with Crippen molar-refractivity contribution in [2.24, 2.45) is 0 Å². The van der Waals surface area contributed by atoms with Gasteiger partial charge in [-0.05, 0) is 204 Å². The Morgan fingerprint density at radius 1 is 0.288 bits per heavy atom. The molecule has 0 aliphatic heterocycles. The Balaban J connectivity index is 1.15. The highest BCUT2D eigenvalue weighted by molar-refractivity contribution is 6.12. The van der Waals surface area contributed by atoms with Gasteiger partial charge in [0.25, 0.3) is 0 Å². The lowest BCUT2D eigenvalue weighted by Crippen LogP contribution is -2.12. The summed E-state index contributed by atoms with van der Waals surface area (Å²) in [6.07, 6.45) is 0. The molecular weight excluding hydrogens is 629 g/mol. The summed E-state index contributed by atoms with van der Waals surface area (Å²) in [6, 6.07) is 54.4. The highest BCUT2D eigenvalue weighted by Crippen LogP contribution is 2.51. The molecule has 0 amide bonds. The van der Waals surface area contributed by atoms with Gasteiger partial charge < -0.3 is 9.80 Å². The average molecular weight is 671 g/mol. The first-order chi connectivity index (χ1) is 25.2. The van der Waals surface area contributed by atoms with Crippen LogP contribution in [0.25, 0.3) is 43.8 Å². The van der Waals surface area contributed by atoms with Gasteiger partial charge in [0.05, 0.1) is 0 Å². The van der Waals surface area contributed by atoms with E-state index < -0.39 is 0 Å². The Kier molecular flexibility index (Phi) is 7.52. The summed E-state index contributed by atoms with van der Waals surface area (Å²) in [5, 5.41) is 5.02. The zero-order valence-electron chi connectivity index (χ0n) is 30.8. The van der Waals surface area contributed by atoms with Crippen molar-refractivity contribution < 1.29 is 0 Å². The Hall–Kier alpha value is -6.12. The van der Waals surface area contributed by atoms with Gasteiger partial charge in [-0.1, -0.05) is 60.7 Å². The van der Waals surface area contributed by atoms with Crippen LogP contribution in [0, 0.1) is 41.5 Å². The summed E-state index contributed by atoms with van der Waals surface area (Å²) < 4.78 is 0. The maximum atomic E-state index is 2.41. The molecule has 0 radical (unpaired) electrons. The molecule has 0 saturated carbocycles. The van der Waals surface area contributed by atoms with Crippen LogP contribution in [-0.4, -0.2) is 0 Å². The molecule has 1 aliphatic carbocycles. The van der Waals surface area contributed by atoms with Crippen LogP contribution in [0.15, 0.2) is 146 Å². The SMILES string of the molecule is Cc1cc(C)cc(N(c2ccc3cc4c(cc3c2)-c2cc3cc(N(c5cc(C)cc(C)c5)c5ccccc5C)ccc3cc2-4)c2ccccc2C)c1. The molecule has 0 fully saturated rings. The van der Waals surface area contributed by atoms with Crippen molar-refractivity contribution in [3.05, 3.63) is 179 Å². The fourth-order valence-electron chi connectivity index (χ4n) is 8.32. The molecule has 2 nitrogen and oxygen atoms in total. The molecule has 0 atom stereocenters. The van der Waals surface area contributed by atoms with Gasteiger partial charge in [-0.15, -0.1) is 0 Å². The molecule has 0 N–H and O–H groups in total. The molecule has 252 valence electrons. The van der Waals surface area contributed by atoms with E-state index in [0.29, 0.717) is 0 Å². The molecule has 9 rings (SSSR count). The van der Waals surface area contributed by atoms with E-state index >= 15 is 0 Å². The number of para-hydroxylation sites is 2. The van der Waals surface area contributed by atoms with E-state index in [4.69, 9.17) is 0 Å². The zero-order valence-corrected chi connectivity index (χ0v) is 30.8. The third kappa shape index (κ3) is 5.43. The van der Waals surface area contributed by atoms with Crippen molar-refractivity contribution in [3.8, 4) is 22.3 Å². The van der Waals surface area contributed by atoms with Gasteiger partial charge in [0.15, 0.2) is 0 Å². The van der Waals surface area contributed by atoms with Crippen molar-refractivity contribution in [1.29, 1.82) is 0 Å². The Morgan fingerprint density at radius 3 is 1.00 bits per heavy atom. The minimum absolute atomic E-state index is 1.16. The molecule has 52 heavy (non-hydrogen) atoms. The average Bonchev–Trinajstić information content (AvgIpc) is 3.11. The summed E-state index contributed by atoms with van der Waals surface area (Å²) in [6.45, 7) is 13.1. The minimum atomic E-state index is 1.16. The second-order valence-corrected chi connectivity index (χ2v) is 14.8. The normalized spacial score (nSPS) is 11.7. The molecule has 8 aromatic rings. The highest BCUT2D eigenvalue weighted by Gasteiger charge is 2.25. The molecule has 0 unspecified atom stereocenters. The lowest BCUT2D eigenvalue weighted by atomic mass is 9.78. The topological polar surface area (TPSA) is 6.48 Å². The summed E-state index contributed by atoms with van der Waals surface area (Å²) in [7, 11) is 0. The predicted molar refractivity (Wildman–Crippen MR) is 224 cm³/mol. The number of anilines is 6. The summed E-state index contributed by atoms with van der Waals surface area (Å²) in [5.74, 6) is 0. The Morgan fingerprint density at radius 2 is 0.635 bits per heavy atom. The van der Waals surface area contributed by atoms with Gasteiger partial charge in [0, 0.05) is 34.1 Å². The van der Waals surface area contributed by atoms with Crippen molar-refractivity contribution in [2.45, 2.75) is 41.5 Å². The molecule has 0 bridgehead atoms. The fraction of sp³-hybridized carbons (Fsp3) is 0.120. The first-order valence-corrected chi connectivity index (χ1v) is 18.2. The summed E-state index contributed by atoms with van der Waals surface area (Å²) in [5.41, 5.74) is 20.0. The Labute approximate surface area is 307 Å². The van der Waals surface area contributed by atoms with E-state index in [1.54, 1.807) is 0 Å². The molecule has 1 aliphatic rings. The van der Waals surface area contributed by atoms with E-state index in [1.807, 2.05) is 0 Å². The highest BCUT2D eigenvalue weighted by atomic mass is 15.1. The monoisotopic (exact) mass is 670 g/mol. The molecule has 0 spiro atoms. The van der Waals surface area contributed by atoms with Gasteiger partial charge in [0.1, 0.15) is 0 Å². The molecule has 2 heteroatoms. The first-order valence-electron chi connectivity index (χ1n) is 18.2. The van der Waals surface area contributed by atoms with Crippen LogP contribution < -0.4 is 9.80 Å². The molecule has 0 aromatic heterocycles. The minimum Gasteiger partial charge on any atom is -0.310 e. The number of benzene rings is 8. The largest absolute Gasteiger partial charge is 0.310 e. The smallest absolute Gasteiger partial charge is 0.0490 e. The number of rotatable bonds is 6. The third-order valence-electron chi connectivity index (χ3n) is 10.7. The molecular formula is C50H42N2. The van der Waals surface area contributed by atoms with Crippen LogP contribution in [0.3, 0.4) is 0 Å². The number of nitrogens with zero attached hydrogens (tertiary/aromatic N) is 2. The van der Waals surface area contributed by atoms with Crippen molar-refractivity contribution in [1.82, 2.24) is 0 Å². The lowest BCUT2D eigenvalue weighted by molar-refractivity contribution is 1.23.